The number of non-ortho nitro benzene ring substituents is 1. The zero-order valence-corrected chi connectivity index (χ0v) is 18.0. The Kier molecular flexibility index (Phi) is 7.29. The minimum Gasteiger partial charge on any atom is -0.497 e. The molecule has 7 nitrogen and oxygen atoms in total. The fourth-order valence-corrected chi connectivity index (χ4v) is 4.04. The standard InChI is InChI=1S/C22H26ClN3O4/c1-3-22(27)25(18-5-4-6-20(14-18)30-2)17-9-11-24(12-10-17)15-16-13-19(26(28)29)7-8-21(16)23/h4-8,13-14,17H,3,9-12,15H2,1-2H3. The third-order valence-corrected chi connectivity index (χ3v) is 5.83. The highest BCUT2D eigenvalue weighted by atomic mass is 35.5. The van der Waals surface area contributed by atoms with E-state index in [-0.39, 0.29) is 17.6 Å². The summed E-state index contributed by atoms with van der Waals surface area (Å²) in [4.78, 5) is 27.5. The van der Waals surface area contributed by atoms with E-state index in [9.17, 15) is 14.9 Å². The zero-order valence-electron chi connectivity index (χ0n) is 17.2. The highest BCUT2D eigenvalue weighted by Gasteiger charge is 2.29. The first kappa shape index (κ1) is 22.1. The number of rotatable bonds is 7. The number of nitro benzene ring substituents is 1. The number of amides is 1. The summed E-state index contributed by atoms with van der Waals surface area (Å²) in [5, 5.41) is 11.6. The van der Waals surface area contributed by atoms with Crippen LogP contribution in [-0.4, -0.2) is 42.0 Å². The van der Waals surface area contributed by atoms with E-state index in [1.807, 2.05) is 36.1 Å². The van der Waals surface area contributed by atoms with Crippen LogP contribution < -0.4 is 9.64 Å². The average Bonchev–Trinajstić information content (AvgIpc) is 2.76. The molecule has 8 heteroatoms. The van der Waals surface area contributed by atoms with E-state index in [0.717, 1.165) is 42.9 Å². The maximum Gasteiger partial charge on any atom is 0.269 e. The Hall–Kier alpha value is -2.64. The van der Waals surface area contributed by atoms with Crippen LogP contribution in [0.1, 0.15) is 31.7 Å². The molecule has 3 rings (SSSR count). The first-order valence-corrected chi connectivity index (χ1v) is 10.4. The second kappa shape index (κ2) is 9.91. The van der Waals surface area contributed by atoms with Crippen molar-refractivity contribution in [2.75, 3.05) is 25.1 Å². The van der Waals surface area contributed by atoms with Crippen LogP contribution in [0.3, 0.4) is 0 Å². The second-order valence-corrected chi connectivity index (χ2v) is 7.77. The topological polar surface area (TPSA) is 75.9 Å². The number of carbonyl (C=O) groups excluding carboxylic acids is 1. The van der Waals surface area contributed by atoms with Gasteiger partial charge in [0.25, 0.3) is 5.69 Å². The molecular weight excluding hydrogens is 406 g/mol. The number of anilines is 1. The normalized spacial score (nSPS) is 15.0. The first-order chi connectivity index (χ1) is 14.4. The minimum atomic E-state index is -0.408. The second-order valence-electron chi connectivity index (χ2n) is 7.36. The number of carbonyl (C=O) groups is 1. The van der Waals surface area contributed by atoms with E-state index in [4.69, 9.17) is 16.3 Å². The summed E-state index contributed by atoms with van der Waals surface area (Å²) >= 11 is 6.25. The number of benzene rings is 2. The highest BCUT2D eigenvalue weighted by molar-refractivity contribution is 6.31. The van der Waals surface area contributed by atoms with Gasteiger partial charge in [0.05, 0.1) is 12.0 Å². The third-order valence-electron chi connectivity index (χ3n) is 5.46. The smallest absolute Gasteiger partial charge is 0.269 e. The fourth-order valence-electron chi connectivity index (χ4n) is 3.86. The molecule has 30 heavy (non-hydrogen) atoms. The van der Waals surface area contributed by atoms with Crippen LogP contribution in [0.5, 0.6) is 5.75 Å². The Bertz CT molecular complexity index is 913. The molecule has 1 aliphatic rings. The molecule has 1 fully saturated rings. The van der Waals surface area contributed by atoms with E-state index >= 15 is 0 Å². The van der Waals surface area contributed by atoms with Crippen LogP contribution in [-0.2, 0) is 11.3 Å². The van der Waals surface area contributed by atoms with Gasteiger partial charge in [0.2, 0.25) is 5.91 Å². The van der Waals surface area contributed by atoms with Crippen molar-refractivity contribution in [3.63, 3.8) is 0 Å². The van der Waals surface area contributed by atoms with Gasteiger partial charge in [-0.1, -0.05) is 24.6 Å². The van der Waals surface area contributed by atoms with Gasteiger partial charge in [0.15, 0.2) is 0 Å². The van der Waals surface area contributed by atoms with Crippen molar-refractivity contribution in [2.45, 2.75) is 38.8 Å². The summed E-state index contributed by atoms with van der Waals surface area (Å²) < 4.78 is 5.32. The number of halogens is 1. The summed E-state index contributed by atoms with van der Waals surface area (Å²) in [5.41, 5.74) is 1.64. The summed E-state index contributed by atoms with van der Waals surface area (Å²) in [6.45, 7) is 3.98. The lowest BCUT2D eigenvalue weighted by Crippen LogP contribution is -2.47. The summed E-state index contributed by atoms with van der Waals surface area (Å²) in [7, 11) is 1.61. The minimum absolute atomic E-state index is 0.0435. The number of piperidine rings is 1. The third kappa shape index (κ3) is 5.09. The lowest BCUT2D eigenvalue weighted by Gasteiger charge is -2.38. The first-order valence-electron chi connectivity index (χ1n) is 10.0. The molecule has 0 aromatic heterocycles. The molecule has 0 spiro atoms. The molecule has 2 aromatic rings. The number of methoxy groups -OCH3 is 1. The van der Waals surface area contributed by atoms with Crippen LogP contribution in [0.15, 0.2) is 42.5 Å². The van der Waals surface area contributed by atoms with Gasteiger partial charge in [0, 0.05) is 61.0 Å². The lowest BCUT2D eigenvalue weighted by atomic mass is 10.0. The van der Waals surface area contributed by atoms with E-state index in [2.05, 4.69) is 4.90 Å². The summed E-state index contributed by atoms with van der Waals surface area (Å²) in [6, 6.07) is 12.2. The Balaban J connectivity index is 1.70. The van der Waals surface area contributed by atoms with Crippen molar-refractivity contribution in [3.05, 3.63) is 63.2 Å². The van der Waals surface area contributed by atoms with Crippen LogP contribution in [0.4, 0.5) is 11.4 Å². The van der Waals surface area contributed by atoms with Gasteiger partial charge in [-0.3, -0.25) is 19.8 Å². The Labute approximate surface area is 181 Å². The van der Waals surface area contributed by atoms with Crippen molar-refractivity contribution >= 4 is 28.9 Å². The maximum absolute atomic E-state index is 12.7. The molecule has 0 N–H and O–H groups in total. The Morgan fingerprint density at radius 3 is 2.63 bits per heavy atom. The van der Waals surface area contributed by atoms with E-state index < -0.39 is 4.92 Å². The number of hydrogen-bond acceptors (Lipinski definition) is 5. The molecule has 1 heterocycles. The molecule has 1 aliphatic heterocycles. The van der Waals surface area contributed by atoms with Crippen molar-refractivity contribution in [1.82, 2.24) is 4.90 Å². The van der Waals surface area contributed by atoms with Gasteiger partial charge in [-0.2, -0.15) is 0 Å². The number of hydrogen-bond donors (Lipinski definition) is 0. The molecule has 0 aliphatic carbocycles. The average molecular weight is 432 g/mol. The van der Waals surface area contributed by atoms with Gasteiger partial charge in [0.1, 0.15) is 5.75 Å². The van der Waals surface area contributed by atoms with Crippen LogP contribution in [0, 0.1) is 10.1 Å². The number of nitro groups is 1. The zero-order chi connectivity index (χ0) is 21.7. The van der Waals surface area contributed by atoms with Crippen molar-refractivity contribution < 1.29 is 14.5 Å². The SMILES string of the molecule is CCC(=O)N(c1cccc(OC)c1)C1CCN(Cc2cc([N+](=O)[O-])ccc2Cl)CC1. The van der Waals surface area contributed by atoms with Crippen molar-refractivity contribution in [2.24, 2.45) is 0 Å². The summed E-state index contributed by atoms with van der Waals surface area (Å²) in [6.07, 6.45) is 2.06. The van der Waals surface area contributed by atoms with Gasteiger partial charge < -0.3 is 9.64 Å². The Morgan fingerprint density at radius 2 is 2.00 bits per heavy atom. The molecule has 0 atom stereocenters. The molecule has 0 bridgehead atoms. The molecule has 1 saturated heterocycles. The van der Waals surface area contributed by atoms with Gasteiger partial charge in [-0.15, -0.1) is 0 Å². The molecule has 0 unspecified atom stereocenters. The largest absolute Gasteiger partial charge is 0.497 e. The molecule has 0 saturated carbocycles. The monoisotopic (exact) mass is 431 g/mol. The van der Waals surface area contributed by atoms with Crippen LogP contribution in [0.25, 0.3) is 0 Å². The van der Waals surface area contributed by atoms with E-state index in [1.165, 1.54) is 12.1 Å². The van der Waals surface area contributed by atoms with E-state index in [1.54, 1.807) is 13.2 Å². The van der Waals surface area contributed by atoms with Gasteiger partial charge in [-0.25, -0.2) is 0 Å². The maximum atomic E-state index is 12.7. The molecule has 2 aromatic carbocycles. The Morgan fingerprint density at radius 1 is 1.27 bits per heavy atom. The summed E-state index contributed by atoms with van der Waals surface area (Å²) in [5.74, 6) is 0.808. The van der Waals surface area contributed by atoms with Crippen molar-refractivity contribution in [3.8, 4) is 5.75 Å². The number of likely N-dealkylation sites (tertiary alicyclic amines) is 1. The molecule has 160 valence electrons. The molecular formula is C22H26ClN3O4. The van der Waals surface area contributed by atoms with Crippen molar-refractivity contribution in [1.29, 1.82) is 0 Å². The van der Waals surface area contributed by atoms with Gasteiger partial charge >= 0.3 is 0 Å². The molecule has 1 amide bonds. The lowest BCUT2D eigenvalue weighted by molar-refractivity contribution is -0.384. The fraction of sp³-hybridized carbons (Fsp3) is 0.409. The quantitative estimate of drug-likeness (QED) is 0.470. The van der Waals surface area contributed by atoms with Crippen LogP contribution >= 0.6 is 11.6 Å². The number of nitrogens with zero attached hydrogens (tertiary/aromatic N) is 3. The van der Waals surface area contributed by atoms with E-state index in [0.29, 0.717) is 18.0 Å². The predicted octanol–water partition coefficient (Wildman–Crippen LogP) is 4.66. The van der Waals surface area contributed by atoms with Gasteiger partial charge in [-0.05, 0) is 36.6 Å². The predicted molar refractivity (Wildman–Crippen MR) is 117 cm³/mol. The number of ether oxygens (including phenoxy) is 1. The highest BCUT2D eigenvalue weighted by Crippen LogP contribution is 2.29. The van der Waals surface area contributed by atoms with Crippen LogP contribution in [0.2, 0.25) is 5.02 Å². The molecule has 0 radical (unpaired) electrons.